The van der Waals surface area contributed by atoms with E-state index in [-0.39, 0.29) is 4.90 Å². The number of aromatic nitrogens is 1. The molecule has 0 amide bonds. The highest BCUT2D eigenvalue weighted by molar-refractivity contribution is 7.92. The third-order valence-corrected chi connectivity index (χ3v) is 6.21. The minimum atomic E-state index is -3.72. The maximum Gasteiger partial charge on any atom is 0.263 e. The number of sulfonamides is 1. The predicted octanol–water partition coefficient (Wildman–Crippen LogP) is 3.86. The SMILES string of the molecule is COc1cc(C)c(S(=O)(=O)Nc2ccc(NC3CCCC3)cn2)cc1C. The molecule has 6 nitrogen and oxygen atoms in total. The highest BCUT2D eigenvalue weighted by Crippen LogP contribution is 2.27. The molecule has 1 aliphatic carbocycles. The van der Waals surface area contributed by atoms with Crippen molar-refractivity contribution in [3.05, 3.63) is 41.6 Å². The van der Waals surface area contributed by atoms with Crippen LogP contribution in [0.5, 0.6) is 5.75 Å². The highest BCUT2D eigenvalue weighted by atomic mass is 32.2. The molecule has 1 fully saturated rings. The van der Waals surface area contributed by atoms with Gasteiger partial charge in [0.1, 0.15) is 11.6 Å². The second-order valence-electron chi connectivity index (χ2n) is 6.75. The summed E-state index contributed by atoms with van der Waals surface area (Å²) in [5.41, 5.74) is 2.30. The van der Waals surface area contributed by atoms with Crippen LogP contribution in [0.15, 0.2) is 35.4 Å². The van der Waals surface area contributed by atoms with Gasteiger partial charge in [0.05, 0.1) is 23.9 Å². The van der Waals surface area contributed by atoms with Gasteiger partial charge in [-0.3, -0.25) is 4.72 Å². The van der Waals surface area contributed by atoms with E-state index < -0.39 is 10.0 Å². The molecule has 2 N–H and O–H groups in total. The third kappa shape index (κ3) is 4.09. The minimum absolute atomic E-state index is 0.228. The summed E-state index contributed by atoms with van der Waals surface area (Å²) >= 11 is 0. The van der Waals surface area contributed by atoms with Crippen molar-refractivity contribution in [2.75, 3.05) is 17.1 Å². The Kier molecular flexibility index (Phi) is 5.36. The molecule has 3 rings (SSSR count). The summed E-state index contributed by atoms with van der Waals surface area (Å²) in [5.74, 6) is 0.969. The van der Waals surface area contributed by atoms with Crippen molar-refractivity contribution >= 4 is 21.5 Å². The lowest BCUT2D eigenvalue weighted by molar-refractivity contribution is 0.411. The Bertz CT molecular complexity index is 874. The lowest BCUT2D eigenvalue weighted by Gasteiger charge is -2.15. The van der Waals surface area contributed by atoms with Crippen LogP contribution in [-0.4, -0.2) is 26.6 Å². The van der Waals surface area contributed by atoms with Gasteiger partial charge in [0.25, 0.3) is 10.0 Å². The van der Waals surface area contributed by atoms with E-state index in [9.17, 15) is 8.42 Å². The summed E-state index contributed by atoms with van der Waals surface area (Å²) in [5, 5.41) is 3.44. The molecule has 7 heteroatoms. The van der Waals surface area contributed by atoms with Gasteiger partial charge in [-0.25, -0.2) is 13.4 Å². The summed E-state index contributed by atoms with van der Waals surface area (Å²) in [6, 6.07) is 7.37. The maximum absolute atomic E-state index is 12.7. The molecule has 1 aliphatic rings. The van der Waals surface area contributed by atoms with Gasteiger partial charge in [-0.15, -0.1) is 0 Å². The van der Waals surface area contributed by atoms with Crippen LogP contribution < -0.4 is 14.8 Å². The highest BCUT2D eigenvalue weighted by Gasteiger charge is 2.20. The molecule has 2 aromatic rings. The molecule has 1 aromatic carbocycles. The van der Waals surface area contributed by atoms with Gasteiger partial charge in [-0.1, -0.05) is 12.8 Å². The van der Waals surface area contributed by atoms with Crippen LogP contribution in [-0.2, 0) is 10.0 Å². The van der Waals surface area contributed by atoms with Gasteiger partial charge >= 0.3 is 0 Å². The zero-order chi connectivity index (χ0) is 18.7. The Balaban J connectivity index is 1.76. The molecule has 140 valence electrons. The van der Waals surface area contributed by atoms with Crippen LogP contribution in [0.25, 0.3) is 0 Å². The van der Waals surface area contributed by atoms with Crippen molar-refractivity contribution in [3.63, 3.8) is 0 Å². The van der Waals surface area contributed by atoms with E-state index >= 15 is 0 Å². The third-order valence-electron chi connectivity index (χ3n) is 4.71. The zero-order valence-corrected chi connectivity index (χ0v) is 16.2. The fraction of sp³-hybridized carbons (Fsp3) is 0.421. The van der Waals surface area contributed by atoms with Crippen LogP contribution in [0, 0.1) is 13.8 Å². The quantitative estimate of drug-likeness (QED) is 0.801. The van der Waals surface area contributed by atoms with Crippen molar-refractivity contribution in [3.8, 4) is 5.75 Å². The molecule has 0 aliphatic heterocycles. The molecule has 0 spiro atoms. The lowest BCUT2D eigenvalue weighted by atomic mass is 10.1. The molecule has 1 saturated carbocycles. The van der Waals surface area contributed by atoms with E-state index in [2.05, 4.69) is 15.0 Å². The van der Waals surface area contributed by atoms with Crippen LogP contribution in [0.3, 0.4) is 0 Å². The average Bonchev–Trinajstić information content (AvgIpc) is 3.11. The normalized spacial score (nSPS) is 15.0. The fourth-order valence-electron chi connectivity index (χ4n) is 3.31. The molecule has 1 aromatic heterocycles. The van der Waals surface area contributed by atoms with Crippen molar-refractivity contribution < 1.29 is 13.2 Å². The first kappa shape index (κ1) is 18.5. The first-order valence-corrected chi connectivity index (χ1v) is 10.3. The number of benzene rings is 1. The summed E-state index contributed by atoms with van der Waals surface area (Å²) < 4.78 is 33.3. The standard InChI is InChI=1S/C19H25N3O3S/c1-13-11-18(14(2)10-17(13)25-3)26(23,24)22-19-9-8-16(12-20-19)21-15-6-4-5-7-15/h8-12,15,21H,4-7H2,1-3H3,(H,20,22). The van der Waals surface area contributed by atoms with Crippen molar-refractivity contribution in [2.45, 2.75) is 50.5 Å². The number of ether oxygens (including phenoxy) is 1. The number of nitrogens with one attached hydrogen (secondary N) is 2. The minimum Gasteiger partial charge on any atom is -0.496 e. The molecule has 0 saturated heterocycles. The van der Waals surface area contributed by atoms with Crippen molar-refractivity contribution in [1.82, 2.24) is 4.98 Å². The summed E-state index contributed by atoms with van der Waals surface area (Å²) in [7, 11) is -2.15. The Morgan fingerprint density at radius 1 is 1.12 bits per heavy atom. The Labute approximate surface area is 155 Å². The molecule has 1 heterocycles. The number of hydrogen-bond donors (Lipinski definition) is 2. The van der Waals surface area contributed by atoms with Gasteiger partial charge in [-0.05, 0) is 62.1 Å². The molecular weight excluding hydrogens is 350 g/mol. The van der Waals surface area contributed by atoms with Crippen LogP contribution >= 0.6 is 0 Å². The number of nitrogens with zero attached hydrogens (tertiary/aromatic N) is 1. The van der Waals surface area contributed by atoms with E-state index in [0.717, 1.165) is 11.3 Å². The second kappa shape index (κ2) is 7.53. The molecular formula is C19H25N3O3S. The van der Waals surface area contributed by atoms with Gasteiger partial charge in [0, 0.05) is 6.04 Å². The molecule has 26 heavy (non-hydrogen) atoms. The second-order valence-corrected chi connectivity index (χ2v) is 8.40. The Hall–Kier alpha value is -2.28. The molecule has 0 unspecified atom stereocenters. The number of pyridine rings is 1. The van der Waals surface area contributed by atoms with E-state index in [1.54, 1.807) is 38.4 Å². The topological polar surface area (TPSA) is 80.3 Å². The summed E-state index contributed by atoms with van der Waals surface area (Å²) in [4.78, 5) is 4.47. The maximum atomic E-state index is 12.7. The number of rotatable bonds is 6. The number of anilines is 2. The summed E-state index contributed by atoms with van der Waals surface area (Å²) in [6.07, 6.45) is 6.52. The van der Waals surface area contributed by atoms with Crippen LogP contribution in [0.2, 0.25) is 0 Å². The van der Waals surface area contributed by atoms with Gasteiger partial charge < -0.3 is 10.1 Å². The van der Waals surface area contributed by atoms with Crippen LogP contribution in [0.4, 0.5) is 11.5 Å². The monoisotopic (exact) mass is 375 g/mol. The Morgan fingerprint density at radius 3 is 2.46 bits per heavy atom. The van der Waals surface area contributed by atoms with E-state index in [0.29, 0.717) is 23.2 Å². The largest absolute Gasteiger partial charge is 0.496 e. The fourth-order valence-corrected chi connectivity index (χ4v) is 4.63. The van der Waals surface area contributed by atoms with Crippen LogP contribution in [0.1, 0.15) is 36.8 Å². The Morgan fingerprint density at radius 2 is 1.85 bits per heavy atom. The van der Waals surface area contributed by atoms with Gasteiger partial charge in [-0.2, -0.15) is 0 Å². The van der Waals surface area contributed by atoms with E-state index in [4.69, 9.17) is 4.74 Å². The molecule has 0 atom stereocenters. The number of hydrogen-bond acceptors (Lipinski definition) is 5. The number of aryl methyl sites for hydroxylation is 2. The first-order chi connectivity index (χ1) is 12.4. The average molecular weight is 375 g/mol. The van der Waals surface area contributed by atoms with Crippen molar-refractivity contribution in [2.24, 2.45) is 0 Å². The van der Waals surface area contributed by atoms with Gasteiger partial charge in [0.2, 0.25) is 0 Å². The van der Waals surface area contributed by atoms with E-state index in [1.807, 2.05) is 13.0 Å². The molecule has 0 radical (unpaired) electrons. The smallest absolute Gasteiger partial charge is 0.263 e. The zero-order valence-electron chi connectivity index (χ0n) is 15.4. The first-order valence-electron chi connectivity index (χ1n) is 8.79. The van der Waals surface area contributed by atoms with Crippen molar-refractivity contribution in [1.29, 1.82) is 0 Å². The predicted molar refractivity (Wildman–Crippen MR) is 103 cm³/mol. The lowest BCUT2D eigenvalue weighted by Crippen LogP contribution is -2.17. The molecule has 0 bridgehead atoms. The van der Waals surface area contributed by atoms with E-state index in [1.165, 1.54) is 25.7 Å². The van der Waals surface area contributed by atoms with Gasteiger partial charge in [0.15, 0.2) is 0 Å². The summed E-state index contributed by atoms with van der Waals surface area (Å²) in [6.45, 7) is 3.57. The number of methoxy groups -OCH3 is 1.